The zero-order chi connectivity index (χ0) is 20.3. The minimum atomic E-state index is -0.380. The highest BCUT2D eigenvalue weighted by atomic mass is 35.5. The molecule has 1 heterocycles. The predicted octanol–water partition coefficient (Wildman–Crippen LogP) is 5.43. The lowest BCUT2D eigenvalue weighted by Crippen LogP contribution is -2.30. The van der Waals surface area contributed by atoms with Crippen LogP contribution in [0.2, 0.25) is 10.0 Å². The number of hydrogen-bond acceptors (Lipinski definition) is 2. The number of halogens is 2. The van der Waals surface area contributed by atoms with E-state index >= 15 is 0 Å². The summed E-state index contributed by atoms with van der Waals surface area (Å²) in [6, 6.07) is 15.2. The maximum atomic E-state index is 12.3. The van der Waals surface area contributed by atoms with Crippen molar-refractivity contribution in [3.05, 3.63) is 75.4 Å². The number of para-hydroxylation sites is 1. The van der Waals surface area contributed by atoms with E-state index in [2.05, 4.69) is 5.32 Å². The van der Waals surface area contributed by atoms with E-state index < -0.39 is 0 Å². The summed E-state index contributed by atoms with van der Waals surface area (Å²) in [5.74, 6) is -0.380. The van der Waals surface area contributed by atoms with Crippen molar-refractivity contribution < 1.29 is 4.79 Å². The zero-order valence-corrected chi connectivity index (χ0v) is 17.1. The summed E-state index contributed by atoms with van der Waals surface area (Å²) in [5, 5.41) is 14.3. The average Bonchev–Trinajstić information content (AvgIpc) is 2.99. The van der Waals surface area contributed by atoms with Gasteiger partial charge in [0.2, 0.25) is 0 Å². The van der Waals surface area contributed by atoms with Gasteiger partial charge in [0.15, 0.2) is 0 Å². The Morgan fingerprint density at radius 3 is 2.68 bits per heavy atom. The first kappa shape index (κ1) is 20.0. The van der Waals surface area contributed by atoms with Gasteiger partial charge in [-0.05, 0) is 43.7 Å². The molecule has 0 atom stereocenters. The SMILES string of the molecule is CC(C)NC(=O)/C(C#N)=C\c1cn(Cc2ccc(Cl)cc2Cl)c2ccccc12. The van der Waals surface area contributed by atoms with E-state index in [0.717, 1.165) is 22.0 Å². The van der Waals surface area contributed by atoms with Gasteiger partial charge < -0.3 is 9.88 Å². The van der Waals surface area contributed by atoms with Crippen LogP contribution in [0.4, 0.5) is 0 Å². The lowest BCUT2D eigenvalue weighted by atomic mass is 10.1. The second kappa shape index (κ2) is 8.52. The summed E-state index contributed by atoms with van der Waals surface area (Å²) in [6.07, 6.45) is 3.55. The van der Waals surface area contributed by atoms with Crippen molar-refractivity contribution in [1.29, 1.82) is 5.26 Å². The number of nitrogens with one attached hydrogen (secondary N) is 1. The highest BCUT2D eigenvalue weighted by Crippen LogP contribution is 2.27. The molecule has 1 N–H and O–H groups in total. The van der Waals surface area contributed by atoms with Crippen molar-refractivity contribution in [1.82, 2.24) is 9.88 Å². The highest BCUT2D eigenvalue weighted by Gasteiger charge is 2.14. The molecule has 0 aliphatic heterocycles. The van der Waals surface area contributed by atoms with Crippen LogP contribution in [0.5, 0.6) is 0 Å². The van der Waals surface area contributed by atoms with Crippen LogP contribution in [0, 0.1) is 11.3 Å². The van der Waals surface area contributed by atoms with Crippen molar-refractivity contribution in [3.63, 3.8) is 0 Å². The first-order valence-electron chi connectivity index (χ1n) is 8.83. The van der Waals surface area contributed by atoms with E-state index in [1.807, 2.05) is 61.0 Å². The lowest BCUT2D eigenvalue weighted by molar-refractivity contribution is -0.117. The molecule has 3 rings (SSSR count). The first-order chi connectivity index (χ1) is 13.4. The second-order valence-corrected chi connectivity index (χ2v) is 7.61. The fraction of sp³-hybridized carbons (Fsp3) is 0.182. The number of nitrogens with zero attached hydrogens (tertiary/aromatic N) is 2. The van der Waals surface area contributed by atoms with Crippen molar-refractivity contribution in [2.75, 3.05) is 0 Å². The van der Waals surface area contributed by atoms with Gasteiger partial charge in [-0.2, -0.15) is 5.26 Å². The molecule has 6 heteroatoms. The van der Waals surface area contributed by atoms with E-state index in [4.69, 9.17) is 23.2 Å². The predicted molar refractivity (Wildman–Crippen MR) is 114 cm³/mol. The van der Waals surface area contributed by atoms with Crippen LogP contribution in [0.3, 0.4) is 0 Å². The fourth-order valence-electron chi connectivity index (χ4n) is 3.00. The van der Waals surface area contributed by atoms with Crippen molar-refractivity contribution in [2.45, 2.75) is 26.4 Å². The number of carbonyl (C=O) groups excluding carboxylic acids is 1. The molecule has 1 amide bonds. The molecule has 2 aromatic carbocycles. The largest absolute Gasteiger partial charge is 0.349 e. The van der Waals surface area contributed by atoms with E-state index in [1.54, 1.807) is 18.2 Å². The lowest BCUT2D eigenvalue weighted by Gasteiger charge is -2.08. The molecule has 0 saturated heterocycles. The van der Waals surface area contributed by atoms with Gasteiger partial charge in [0.25, 0.3) is 5.91 Å². The Morgan fingerprint density at radius 1 is 1.25 bits per heavy atom. The highest BCUT2D eigenvalue weighted by molar-refractivity contribution is 6.35. The molecular weight excluding hydrogens is 393 g/mol. The topological polar surface area (TPSA) is 57.8 Å². The van der Waals surface area contributed by atoms with E-state index in [1.165, 1.54) is 0 Å². The minimum Gasteiger partial charge on any atom is -0.349 e. The molecular formula is C22H19Cl2N3O. The summed E-state index contributed by atoms with van der Waals surface area (Å²) in [6.45, 7) is 4.26. The number of rotatable bonds is 5. The quantitative estimate of drug-likeness (QED) is 0.449. The molecule has 1 aromatic heterocycles. The Bertz CT molecular complexity index is 1110. The van der Waals surface area contributed by atoms with Crippen molar-refractivity contribution >= 4 is 46.1 Å². The molecule has 0 radical (unpaired) electrons. The number of carbonyl (C=O) groups is 1. The molecule has 142 valence electrons. The normalized spacial score (nSPS) is 11.6. The number of benzene rings is 2. The standard InChI is InChI=1S/C22H19Cl2N3O/c1-14(2)26-22(28)16(11-25)9-17-13-27(21-6-4-3-5-19(17)21)12-15-7-8-18(23)10-20(15)24/h3-10,13-14H,12H2,1-2H3,(H,26,28)/b16-9-. The van der Waals surface area contributed by atoms with Crippen LogP contribution in [-0.4, -0.2) is 16.5 Å². The van der Waals surface area contributed by atoms with Gasteiger partial charge in [-0.15, -0.1) is 0 Å². The van der Waals surface area contributed by atoms with Crippen LogP contribution >= 0.6 is 23.2 Å². The Morgan fingerprint density at radius 2 is 2.00 bits per heavy atom. The smallest absolute Gasteiger partial charge is 0.262 e. The van der Waals surface area contributed by atoms with E-state index in [-0.39, 0.29) is 17.5 Å². The summed E-state index contributed by atoms with van der Waals surface area (Å²) >= 11 is 12.3. The summed E-state index contributed by atoms with van der Waals surface area (Å²) in [7, 11) is 0. The molecule has 0 fully saturated rings. The van der Waals surface area contributed by atoms with Crippen LogP contribution in [-0.2, 0) is 11.3 Å². The van der Waals surface area contributed by atoms with Crippen LogP contribution in [0.25, 0.3) is 17.0 Å². The van der Waals surface area contributed by atoms with Crippen LogP contribution in [0.1, 0.15) is 25.0 Å². The molecule has 3 aromatic rings. The maximum absolute atomic E-state index is 12.3. The minimum absolute atomic E-state index is 0.0439. The number of amides is 1. The molecule has 4 nitrogen and oxygen atoms in total. The average molecular weight is 412 g/mol. The molecule has 0 aliphatic rings. The third-order valence-electron chi connectivity index (χ3n) is 4.26. The third-order valence-corrected chi connectivity index (χ3v) is 4.85. The fourth-order valence-corrected chi connectivity index (χ4v) is 3.47. The number of hydrogen-bond donors (Lipinski definition) is 1. The van der Waals surface area contributed by atoms with Gasteiger partial charge in [0, 0.05) is 45.3 Å². The third kappa shape index (κ3) is 4.39. The zero-order valence-electron chi connectivity index (χ0n) is 15.5. The molecule has 0 saturated carbocycles. The summed E-state index contributed by atoms with van der Waals surface area (Å²) < 4.78 is 2.05. The van der Waals surface area contributed by atoms with Gasteiger partial charge in [-0.25, -0.2) is 0 Å². The second-order valence-electron chi connectivity index (χ2n) is 6.76. The first-order valence-corrected chi connectivity index (χ1v) is 9.59. The number of fused-ring (bicyclic) bond motifs is 1. The number of nitriles is 1. The Balaban J connectivity index is 2.04. The molecule has 28 heavy (non-hydrogen) atoms. The van der Waals surface area contributed by atoms with Crippen molar-refractivity contribution in [2.24, 2.45) is 0 Å². The Kier molecular flexibility index (Phi) is 6.08. The summed E-state index contributed by atoms with van der Waals surface area (Å²) in [4.78, 5) is 12.3. The molecule has 0 unspecified atom stereocenters. The summed E-state index contributed by atoms with van der Waals surface area (Å²) in [5.41, 5.74) is 2.79. The Hall–Kier alpha value is -2.74. The molecule has 0 bridgehead atoms. The van der Waals surface area contributed by atoms with Crippen LogP contribution < -0.4 is 5.32 Å². The monoisotopic (exact) mass is 411 g/mol. The van der Waals surface area contributed by atoms with Crippen LogP contribution in [0.15, 0.2) is 54.2 Å². The van der Waals surface area contributed by atoms with Crippen molar-refractivity contribution in [3.8, 4) is 6.07 Å². The molecule has 0 aliphatic carbocycles. The molecule has 0 spiro atoms. The van der Waals surface area contributed by atoms with Gasteiger partial charge in [-0.1, -0.05) is 47.5 Å². The van der Waals surface area contributed by atoms with Gasteiger partial charge in [0.1, 0.15) is 11.6 Å². The Labute approximate surface area is 174 Å². The van der Waals surface area contributed by atoms with Gasteiger partial charge in [0.05, 0.1) is 0 Å². The number of aromatic nitrogens is 1. The van der Waals surface area contributed by atoms with Gasteiger partial charge >= 0.3 is 0 Å². The van der Waals surface area contributed by atoms with E-state index in [0.29, 0.717) is 16.6 Å². The van der Waals surface area contributed by atoms with E-state index in [9.17, 15) is 10.1 Å². The maximum Gasteiger partial charge on any atom is 0.262 e. The van der Waals surface area contributed by atoms with Gasteiger partial charge in [-0.3, -0.25) is 4.79 Å².